The second-order valence-electron chi connectivity index (χ2n) is 5.65. The summed E-state index contributed by atoms with van der Waals surface area (Å²) in [5.74, 6) is -2.14. The summed E-state index contributed by atoms with van der Waals surface area (Å²) < 4.78 is 5.02. The van der Waals surface area contributed by atoms with E-state index >= 15 is 0 Å². The van der Waals surface area contributed by atoms with E-state index in [2.05, 4.69) is 5.32 Å². The van der Waals surface area contributed by atoms with Crippen molar-refractivity contribution in [2.24, 2.45) is 0 Å². The third-order valence-corrected chi connectivity index (χ3v) is 4.03. The highest BCUT2D eigenvalue weighted by Gasteiger charge is 2.44. The minimum atomic E-state index is -0.975. The fourth-order valence-electron chi connectivity index (χ4n) is 2.84. The van der Waals surface area contributed by atoms with Crippen LogP contribution in [0.2, 0.25) is 0 Å². The second kappa shape index (κ2) is 6.86. The van der Waals surface area contributed by atoms with Crippen LogP contribution in [0.4, 0.5) is 0 Å². The second-order valence-corrected chi connectivity index (χ2v) is 5.65. The van der Waals surface area contributed by atoms with Gasteiger partial charge in [-0.25, -0.2) is 0 Å². The van der Waals surface area contributed by atoms with Crippen molar-refractivity contribution in [3.8, 4) is 0 Å². The van der Waals surface area contributed by atoms with E-state index < -0.39 is 29.7 Å². The van der Waals surface area contributed by atoms with E-state index in [9.17, 15) is 19.2 Å². The van der Waals surface area contributed by atoms with E-state index in [1.165, 1.54) is 12.3 Å². The zero-order valence-electron chi connectivity index (χ0n) is 13.2. The fraction of sp³-hybridized carbons (Fsp3) is 0.294. The average molecular weight is 344 g/mol. The number of fused-ring (bicyclic) bond motifs is 1. The van der Waals surface area contributed by atoms with Gasteiger partial charge in [0.1, 0.15) is 12.6 Å². The fourth-order valence-corrected chi connectivity index (χ4v) is 2.84. The van der Waals surface area contributed by atoms with Gasteiger partial charge in [0.2, 0.25) is 11.8 Å². The van der Waals surface area contributed by atoms with Crippen molar-refractivity contribution in [2.75, 3.05) is 13.2 Å². The van der Waals surface area contributed by atoms with Crippen LogP contribution in [-0.2, 0) is 14.3 Å². The summed E-state index contributed by atoms with van der Waals surface area (Å²) >= 11 is 0. The van der Waals surface area contributed by atoms with Crippen LogP contribution in [0.15, 0.2) is 24.5 Å². The summed E-state index contributed by atoms with van der Waals surface area (Å²) in [7, 11) is 0. The molecule has 2 aliphatic rings. The molecule has 2 aliphatic heterocycles. The largest absolute Gasteiger partial charge is 0.499 e. The predicted octanol–water partition coefficient (Wildman–Crippen LogP) is 0.0674. The molecule has 1 aromatic carbocycles. The van der Waals surface area contributed by atoms with Gasteiger partial charge in [-0.2, -0.15) is 0 Å². The minimum absolute atomic E-state index is 0.0833. The molecule has 0 saturated carbocycles. The van der Waals surface area contributed by atoms with Crippen LogP contribution in [0.1, 0.15) is 39.1 Å². The van der Waals surface area contributed by atoms with Gasteiger partial charge in [-0.1, -0.05) is 6.07 Å². The van der Waals surface area contributed by atoms with Crippen molar-refractivity contribution >= 4 is 29.7 Å². The SMILES string of the molecule is O=C1CCC(N2C(=O)c3ccc(/C=C/OCCO)cc3C2=O)C(=O)N1. The van der Waals surface area contributed by atoms with Crippen LogP contribution >= 0.6 is 0 Å². The lowest BCUT2D eigenvalue weighted by Gasteiger charge is -2.27. The van der Waals surface area contributed by atoms with Crippen LogP contribution in [0.25, 0.3) is 6.08 Å². The van der Waals surface area contributed by atoms with Crippen molar-refractivity contribution in [3.63, 3.8) is 0 Å². The maximum Gasteiger partial charge on any atom is 0.262 e. The molecule has 2 heterocycles. The Morgan fingerprint density at radius 2 is 1.96 bits per heavy atom. The molecule has 8 heteroatoms. The number of nitrogens with zero attached hydrogens (tertiary/aromatic N) is 1. The summed E-state index contributed by atoms with van der Waals surface area (Å²) in [5, 5.41) is 10.8. The highest BCUT2D eigenvalue weighted by Crippen LogP contribution is 2.28. The molecule has 0 aliphatic carbocycles. The lowest BCUT2D eigenvalue weighted by molar-refractivity contribution is -0.136. The number of hydrogen-bond donors (Lipinski definition) is 2. The van der Waals surface area contributed by atoms with E-state index in [4.69, 9.17) is 9.84 Å². The van der Waals surface area contributed by atoms with E-state index in [1.807, 2.05) is 0 Å². The third-order valence-electron chi connectivity index (χ3n) is 4.03. The van der Waals surface area contributed by atoms with Crippen LogP contribution < -0.4 is 5.32 Å². The number of ether oxygens (including phenoxy) is 1. The molecule has 2 N–H and O–H groups in total. The lowest BCUT2D eigenvalue weighted by atomic mass is 10.0. The Balaban J connectivity index is 1.83. The van der Waals surface area contributed by atoms with Gasteiger partial charge in [-0.05, 0) is 30.2 Å². The first-order chi connectivity index (χ1) is 12.0. The van der Waals surface area contributed by atoms with Crippen LogP contribution in [0.5, 0.6) is 0 Å². The minimum Gasteiger partial charge on any atom is -0.499 e. The smallest absolute Gasteiger partial charge is 0.262 e. The number of amides is 4. The van der Waals surface area contributed by atoms with E-state index in [1.54, 1.807) is 18.2 Å². The Kier molecular flexibility index (Phi) is 4.62. The maximum absolute atomic E-state index is 12.6. The average Bonchev–Trinajstić information content (AvgIpc) is 2.83. The highest BCUT2D eigenvalue weighted by molar-refractivity contribution is 6.23. The number of benzene rings is 1. The lowest BCUT2D eigenvalue weighted by Crippen LogP contribution is -2.54. The Morgan fingerprint density at radius 1 is 1.20 bits per heavy atom. The Hall–Kier alpha value is -3.00. The molecule has 0 aromatic heterocycles. The number of imide groups is 2. The van der Waals surface area contributed by atoms with Crippen molar-refractivity contribution in [3.05, 3.63) is 41.2 Å². The van der Waals surface area contributed by atoms with Gasteiger partial charge < -0.3 is 9.84 Å². The van der Waals surface area contributed by atoms with Crippen LogP contribution in [0, 0.1) is 0 Å². The predicted molar refractivity (Wildman–Crippen MR) is 85.2 cm³/mol. The number of hydrogen-bond acceptors (Lipinski definition) is 6. The summed E-state index contributed by atoms with van der Waals surface area (Å²) in [5.41, 5.74) is 1.07. The molecule has 1 unspecified atom stereocenters. The van der Waals surface area contributed by atoms with Gasteiger partial charge in [0.15, 0.2) is 0 Å². The zero-order chi connectivity index (χ0) is 18.0. The molecule has 0 spiro atoms. The van der Waals surface area contributed by atoms with Crippen LogP contribution in [0.3, 0.4) is 0 Å². The molecule has 130 valence electrons. The van der Waals surface area contributed by atoms with E-state index in [0.29, 0.717) is 5.56 Å². The molecule has 0 bridgehead atoms. The van der Waals surface area contributed by atoms with Crippen molar-refractivity contribution in [2.45, 2.75) is 18.9 Å². The van der Waals surface area contributed by atoms with Crippen molar-refractivity contribution in [1.82, 2.24) is 10.2 Å². The maximum atomic E-state index is 12.6. The first-order valence-electron chi connectivity index (χ1n) is 7.77. The quantitative estimate of drug-likeness (QED) is 0.444. The Labute approximate surface area is 143 Å². The Bertz CT molecular complexity index is 785. The zero-order valence-corrected chi connectivity index (χ0v) is 13.2. The topological polar surface area (TPSA) is 113 Å². The standard InChI is InChI=1S/C17H16N2O6/c20-6-8-25-7-5-10-1-2-11-12(9-10)17(24)19(16(11)23)13-3-4-14(21)18-15(13)22/h1-2,5,7,9,13,20H,3-4,6,8H2,(H,18,21,22)/b7-5+. The molecule has 1 fully saturated rings. The van der Waals surface area contributed by atoms with E-state index in [0.717, 1.165) is 4.90 Å². The molecular weight excluding hydrogens is 328 g/mol. The number of rotatable bonds is 5. The normalized spacial score (nSPS) is 20.2. The highest BCUT2D eigenvalue weighted by atomic mass is 16.5. The van der Waals surface area contributed by atoms with Gasteiger partial charge in [-0.15, -0.1) is 0 Å². The number of piperidine rings is 1. The number of carbonyl (C=O) groups is 4. The van der Waals surface area contributed by atoms with Gasteiger partial charge in [-0.3, -0.25) is 29.4 Å². The van der Waals surface area contributed by atoms with Crippen LogP contribution in [-0.4, -0.2) is 52.9 Å². The summed E-state index contributed by atoms with van der Waals surface area (Å²) in [6, 6.07) is 3.74. The first kappa shape index (κ1) is 16.8. The third kappa shape index (κ3) is 3.16. The number of aliphatic hydroxyl groups is 1. The molecule has 1 saturated heterocycles. The molecule has 4 amide bonds. The first-order valence-corrected chi connectivity index (χ1v) is 7.77. The molecule has 1 atom stereocenters. The summed E-state index contributed by atoms with van der Waals surface area (Å²) in [6.45, 7) is 0.0462. The van der Waals surface area contributed by atoms with Gasteiger partial charge >= 0.3 is 0 Å². The monoisotopic (exact) mass is 344 g/mol. The van der Waals surface area contributed by atoms with E-state index in [-0.39, 0.29) is 37.2 Å². The number of nitrogens with one attached hydrogen (secondary N) is 1. The van der Waals surface area contributed by atoms with Gasteiger partial charge in [0.25, 0.3) is 11.8 Å². The summed E-state index contributed by atoms with van der Waals surface area (Å²) in [6.07, 6.45) is 3.19. The molecule has 25 heavy (non-hydrogen) atoms. The van der Waals surface area contributed by atoms with Crippen molar-refractivity contribution < 1.29 is 29.0 Å². The summed E-state index contributed by atoms with van der Waals surface area (Å²) in [4.78, 5) is 49.3. The van der Waals surface area contributed by atoms with Gasteiger partial charge in [0.05, 0.1) is 24.0 Å². The number of carbonyl (C=O) groups excluding carboxylic acids is 4. The molecule has 0 radical (unpaired) electrons. The van der Waals surface area contributed by atoms with Gasteiger partial charge in [0, 0.05) is 6.42 Å². The van der Waals surface area contributed by atoms with Crippen molar-refractivity contribution in [1.29, 1.82) is 0 Å². The number of aliphatic hydroxyl groups excluding tert-OH is 1. The molecule has 1 aromatic rings. The molecule has 3 rings (SSSR count). The molecular formula is C17H16N2O6. The Morgan fingerprint density at radius 3 is 2.68 bits per heavy atom. The molecule has 8 nitrogen and oxygen atoms in total.